The molecule has 0 fully saturated rings. The topological polar surface area (TPSA) is 55.2 Å². The molecule has 0 saturated carbocycles. The predicted molar refractivity (Wildman–Crippen MR) is 249 cm³/mol. The highest BCUT2D eigenvalue weighted by molar-refractivity contribution is 6.09. The summed E-state index contributed by atoms with van der Waals surface area (Å²) in [4.78, 5) is 12.0. The Balaban J connectivity index is 1.18. The molecule has 0 aliphatic heterocycles. The number of nitrogens with one attached hydrogen (secondary N) is 1. The number of fused-ring (bicyclic) bond motifs is 3. The first-order chi connectivity index (χ1) is 28.0. The van der Waals surface area contributed by atoms with Crippen molar-refractivity contribution in [1.82, 2.24) is 14.5 Å². The normalized spacial score (nSPS) is 12.2. The maximum absolute atomic E-state index is 6.69. The van der Waals surface area contributed by atoms with Gasteiger partial charge in [-0.05, 0) is 99.2 Å². The molecular formula is C53H55N5O. The summed E-state index contributed by atoms with van der Waals surface area (Å²) in [5.41, 5.74) is 11.0. The van der Waals surface area contributed by atoms with Crippen molar-refractivity contribution >= 4 is 44.7 Å². The highest BCUT2D eigenvalue weighted by atomic mass is 16.5. The molecule has 6 heteroatoms. The smallest absolute Gasteiger partial charge is 0.157 e. The SMILES string of the molecule is CN(c1cccc(Oc2ccc3c4ccccc4n(-c4cc(C(C)(C)C)ccn4)c3c2)c1)c1nccc(-c2ccccc2)c1Nc1cc(C(C)(C)C)cc(C(C)(C)C)c1. The number of aromatic nitrogens is 3. The first-order valence-electron chi connectivity index (χ1n) is 20.5. The number of nitrogens with zero attached hydrogens (tertiary/aromatic N) is 4. The monoisotopic (exact) mass is 777 g/mol. The molecule has 3 aromatic heterocycles. The fourth-order valence-corrected chi connectivity index (χ4v) is 7.68. The molecule has 0 aliphatic carbocycles. The van der Waals surface area contributed by atoms with Crippen LogP contribution in [-0.4, -0.2) is 21.6 Å². The molecule has 3 heterocycles. The number of hydrogen-bond acceptors (Lipinski definition) is 5. The number of hydrogen-bond donors (Lipinski definition) is 1. The molecule has 5 aromatic carbocycles. The Labute approximate surface area is 349 Å². The van der Waals surface area contributed by atoms with Crippen molar-refractivity contribution in [2.75, 3.05) is 17.3 Å². The van der Waals surface area contributed by atoms with Crippen molar-refractivity contribution in [1.29, 1.82) is 0 Å². The van der Waals surface area contributed by atoms with Crippen molar-refractivity contribution in [3.8, 4) is 28.4 Å². The average Bonchev–Trinajstić information content (AvgIpc) is 3.53. The van der Waals surface area contributed by atoms with Gasteiger partial charge in [0.1, 0.15) is 17.3 Å². The minimum Gasteiger partial charge on any atom is -0.457 e. The Morgan fingerprint density at radius 1 is 0.542 bits per heavy atom. The predicted octanol–water partition coefficient (Wildman–Crippen LogP) is 14.4. The molecule has 8 rings (SSSR count). The number of ether oxygens (including phenoxy) is 1. The molecule has 0 saturated heterocycles. The van der Waals surface area contributed by atoms with Gasteiger partial charge in [0.25, 0.3) is 0 Å². The van der Waals surface area contributed by atoms with Crippen LogP contribution in [0.4, 0.5) is 22.9 Å². The van der Waals surface area contributed by atoms with E-state index in [1.807, 2.05) is 24.5 Å². The average molecular weight is 778 g/mol. The number of pyridine rings is 2. The van der Waals surface area contributed by atoms with Crippen molar-refractivity contribution in [2.24, 2.45) is 0 Å². The summed E-state index contributed by atoms with van der Waals surface area (Å²) in [6.45, 7) is 20.3. The standard InChI is InChI=1S/C53H55N5O/c1-51(2,3)36-25-27-54-48(32-36)58-46-22-15-14-21-44(46)45-24-23-42(34-47(45)58)59-41-20-16-19-40(33-41)57(10)50-49(43(26-28-55-50)35-17-12-11-13-18-35)56-39-30-37(52(4,5)6)29-38(31-39)53(7,8)9/h11-34,56H,1-10H3. The highest BCUT2D eigenvalue weighted by Crippen LogP contribution is 2.42. The molecule has 0 bridgehead atoms. The molecule has 298 valence electrons. The van der Waals surface area contributed by atoms with E-state index in [9.17, 15) is 0 Å². The van der Waals surface area contributed by atoms with Crippen LogP contribution in [0.1, 0.15) is 79.0 Å². The first kappa shape index (κ1) is 39.4. The number of benzene rings is 5. The lowest BCUT2D eigenvalue weighted by atomic mass is 9.80. The van der Waals surface area contributed by atoms with Gasteiger partial charge in [-0.2, -0.15) is 0 Å². The van der Waals surface area contributed by atoms with E-state index in [2.05, 4.69) is 205 Å². The Morgan fingerprint density at radius 2 is 1.19 bits per heavy atom. The van der Waals surface area contributed by atoms with Gasteiger partial charge < -0.3 is 15.0 Å². The van der Waals surface area contributed by atoms with Crippen molar-refractivity contribution in [2.45, 2.75) is 78.6 Å². The van der Waals surface area contributed by atoms with Gasteiger partial charge in [-0.1, -0.05) is 123 Å². The summed E-state index contributed by atoms with van der Waals surface area (Å²) in [7, 11) is 2.07. The van der Waals surface area contributed by atoms with E-state index in [0.717, 1.165) is 67.7 Å². The minimum atomic E-state index is -0.0235. The summed E-state index contributed by atoms with van der Waals surface area (Å²) in [6, 6.07) is 46.9. The van der Waals surface area contributed by atoms with E-state index in [4.69, 9.17) is 14.7 Å². The van der Waals surface area contributed by atoms with Gasteiger partial charge in [0.15, 0.2) is 5.82 Å². The summed E-state index contributed by atoms with van der Waals surface area (Å²) < 4.78 is 8.94. The quantitative estimate of drug-likeness (QED) is 0.167. The van der Waals surface area contributed by atoms with E-state index in [0.29, 0.717) is 0 Å². The second-order valence-electron chi connectivity index (χ2n) is 18.7. The summed E-state index contributed by atoms with van der Waals surface area (Å²) in [6.07, 6.45) is 3.81. The van der Waals surface area contributed by atoms with Gasteiger partial charge in [0, 0.05) is 59.3 Å². The zero-order valence-electron chi connectivity index (χ0n) is 36.1. The molecule has 6 nitrogen and oxygen atoms in total. The zero-order chi connectivity index (χ0) is 41.7. The lowest BCUT2D eigenvalue weighted by molar-refractivity contribution is 0.483. The van der Waals surface area contributed by atoms with Crippen LogP contribution in [0.25, 0.3) is 38.8 Å². The van der Waals surface area contributed by atoms with E-state index >= 15 is 0 Å². The molecule has 59 heavy (non-hydrogen) atoms. The molecule has 0 aliphatic rings. The Bertz CT molecular complexity index is 2770. The van der Waals surface area contributed by atoms with E-state index in [1.165, 1.54) is 22.1 Å². The zero-order valence-corrected chi connectivity index (χ0v) is 36.1. The van der Waals surface area contributed by atoms with E-state index < -0.39 is 0 Å². The Hall–Kier alpha value is -6.40. The van der Waals surface area contributed by atoms with Crippen molar-refractivity contribution in [3.05, 3.63) is 163 Å². The van der Waals surface area contributed by atoms with Crippen LogP contribution in [0.5, 0.6) is 11.5 Å². The molecule has 0 radical (unpaired) electrons. The van der Waals surface area contributed by atoms with Crippen LogP contribution < -0.4 is 15.0 Å². The van der Waals surface area contributed by atoms with Crippen LogP contribution in [0.15, 0.2) is 146 Å². The van der Waals surface area contributed by atoms with Gasteiger partial charge in [-0.3, -0.25) is 4.57 Å². The Kier molecular flexibility index (Phi) is 10.1. The highest BCUT2D eigenvalue weighted by Gasteiger charge is 2.23. The third-order valence-electron chi connectivity index (χ3n) is 11.2. The fourth-order valence-electron chi connectivity index (χ4n) is 7.68. The lowest BCUT2D eigenvalue weighted by Gasteiger charge is -2.28. The third kappa shape index (κ3) is 8.05. The lowest BCUT2D eigenvalue weighted by Crippen LogP contribution is -2.17. The molecular weight excluding hydrogens is 723 g/mol. The van der Waals surface area contributed by atoms with Gasteiger partial charge in [0.05, 0.1) is 16.7 Å². The van der Waals surface area contributed by atoms with Gasteiger partial charge in [-0.25, -0.2) is 9.97 Å². The molecule has 1 N–H and O–H groups in total. The number of rotatable bonds is 8. The number of para-hydroxylation sites is 1. The second-order valence-corrected chi connectivity index (χ2v) is 18.7. The maximum atomic E-state index is 6.69. The van der Waals surface area contributed by atoms with Crippen LogP contribution in [0.3, 0.4) is 0 Å². The van der Waals surface area contributed by atoms with Gasteiger partial charge in [0.2, 0.25) is 0 Å². The minimum absolute atomic E-state index is 0.00870. The summed E-state index contributed by atoms with van der Waals surface area (Å²) in [5.74, 6) is 3.16. The Morgan fingerprint density at radius 3 is 1.90 bits per heavy atom. The van der Waals surface area contributed by atoms with Crippen molar-refractivity contribution < 1.29 is 4.74 Å². The molecule has 8 aromatic rings. The summed E-state index contributed by atoms with van der Waals surface area (Å²) in [5, 5.41) is 6.21. The molecule has 0 spiro atoms. The van der Waals surface area contributed by atoms with Gasteiger partial charge in [-0.15, -0.1) is 0 Å². The van der Waals surface area contributed by atoms with Crippen molar-refractivity contribution in [3.63, 3.8) is 0 Å². The first-order valence-corrected chi connectivity index (χ1v) is 20.5. The van der Waals surface area contributed by atoms with Crippen LogP contribution >= 0.6 is 0 Å². The van der Waals surface area contributed by atoms with Gasteiger partial charge >= 0.3 is 0 Å². The third-order valence-corrected chi connectivity index (χ3v) is 11.2. The van der Waals surface area contributed by atoms with Crippen LogP contribution in [-0.2, 0) is 16.2 Å². The fraction of sp³-hybridized carbons (Fsp3) is 0.245. The van der Waals surface area contributed by atoms with E-state index in [1.54, 1.807) is 0 Å². The van der Waals surface area contributed by atoms with E-state index in [-0.39, 0.29) is 16.2 Å². The van der Waals surface area contributed by atoms with Crippen LogP contribution in [0.2, 0.25) is 0 Å². The maximum Gasteiger partial charge on any atom is 0.157 e. The second kappa shape index (κ2) is 15.1. The molecule has 0 atom stereocenters. The summed E-state index contributed by atoms with van der Waals surface area (Å²) >= 11 is 0. The van der Waals surface area contributed by atoms with Crippen LogP contribution in [0, 0.1) is 0 Å². The largest absolute Gasteiger partial charge is 0.457 e. The molecule has 0 amide bonds. The molecule has 0 unspecified atom stereocenters. The number of anilines is 4.